The van der Waals surface area contributed by atoms with Crippen molar-refractivity contribution in [1.82, 2.24) is 10.3 Å². The topological polar surface area (TPSA) is 88.5 Å². The second-order valence-corrected chi connectivity index (χ2v) is 11.8. The van der Waals surface area contributed by atoms with Crippen LogP contribution < -0.4 is 10.1 Å². The van der Waals surface area contributed by atoms with Crippen molar-refractivity contribution in [2.75, 3.05) is 0 Å². The molecular formula is C30H29F3N2O4S2. The second-order valence-electron chi connectivity index (χ2n) is 9.79. The molecule has 2 aromatic carbocycles. The normalized spacial score (nSPS) is 13.0. The van der Waals surface area contributed by atoms with Crippen molar-refractivity contribution in [2.24, 2.45) is 0 Å². The summed E-state index contributed by atoms with van der Waals surface area (Å²) in [5.41, 5.74) is 0.601. The molecule has 1 atom stereocenters. The van der Waals surface area contributed by atoms with E-state index < -0.39 is 23.3 Å². The van der Waals surface area contributed by atoms with Crippen molar-refractivity contribution < 1.29 is 32.6 Å². The average Bonchev–Trinajstić information content (AvgIpc) is 3.58. The molecule has 1 amide bonds. The number of hydrogen-bond donors (Lipinski definition) is 2. The maximum atomic E-state index is 13.3. The first kappa shape index (κ1) is 30.3. The molecule has 2 aromatic heterocycles. The predicted molar refractivity (Wildman–Crippen MR) is 154 cm³/mol. The Morgan fingerprint density at radius 3 is 2.41 bits per heavy atom. The van der Waals surface area contributed by atoms with Crippen molar-refractivity contribution in [3.05, 3.63) is 92.1 Å². The number of hydrogen-bond acceptors (Lipinski definition) is 6. The van der Waals surface area contributed by atoms with Crippen LogP contribution in [0.2, 0.25) is 0 Å². The number of aliphatic carboxylic acids is 1. The number of aryl methyl sites for hydroxylation is 1. The van der Waals surface area contributed by atoms with Gasteiger partial charge in [0.25, 0.3) is 5.91 Å². The van der Waals surface area contributed by atoms with Gasteiger partial charge in [-0.05, 0) is 67.1 Å². The summed E-state index contributed by atoms with van der Waals surface area (Å²) in [6.45, 7) is 5.50. The average molecular weight is 603 g/mol. The standard InChI is InChI=1S/C30H29F3N2O4S2/c1-4-13-29(3,28(37)38)39-22-12-9-20(18(2)15-22)17-34-26(36)25-24(16-23-6-5-14-40-23)35-27(41-25)19-7-10-21(11-8-19)30(31,32)33/h5-12,14-15H,4,13,16-17H2,1-3H3,(H,34,36)(H,37,38). The van der Waals surface area contributed by atoms with Crippen molar-refractivity contribution in [1.29, 1.82) is 0 Å². The van der Waals surface area contributed by atoms with E-state index in [0.717, 1.165) is 39.5 Å². The summed E-state index contributed by atoms with van der Waals surface area (Å²) in [7, 11) is 0. The van der Waals surface area contributed by atoms with E-state index in [4.69, 9.17) is 4.74 Å². The highest BCUT2D eigenvalue weighted by atomic mass is 32.1. The number of nitrogens with zero attached hydrogens (tertiary/aromatic N) is 1. The van der Waals surface area contributed by atoms with Gasteiger partial charge in [-0.2, -0.15) is 13.2 Å². The molecule has 0 spiro atoms. The zero-order valence-electron chi connectivity index (χ0n) is 22.7. The van der Waals surface area contributed by atoms with Crippen LogP contribution in [0.1, 0.15) is 63.6 Å². The summed E-state index contributed by atoms with van der Waals surface area (Å²) in [6.07, 6.45) is -3.01. The van der Waals surface area contributed by atoms with Gasteiger partial charge in [-0.1, -0.05) is 37.6 Å². The highest BCUT2D eigenvalue weighted by molar-refractivity contribution is 7.17. The number of carbonyl (C=O) groups excluding carboxylic acids is 1. The second kappa shape index (κ2) is 12.4. The predicted octanol–water partition coefficient (Wildman–Crippen LogP) is 7.74. The number of thiazole rings is 1. The number of ether oxygens (including phenoxy) is 1. The van der Waals surface area contributed by atoms with Crippen LogP contribution >= 0.6 is 22.7 Å². The molecule has 4 rings (SSSR count). The van der Waals surface area contributed by atoms with Crippen molar-refractivity contribution >= 4 is 34.6 Å². The molecule has 41 heavy (non-hydrogen) atoms. The molecule has 0 saturated carbocycles. The fourth-order valence-electron chi connectivity index (χ4n) is 4.28. The van der Waals surface area contributed by atoms with Gasteiger partial charge in [0.1, 0.15) is 15.6 Å². The van der Waals surface area contributed by atoms with Crippen LogP contribution in [0, 0.1) is 6.92 Å². The minimum absolute atomic E-state index is 0.210. The van der Waals surface area contributed by atoms with Crippen LogP contribution in [-0.2, 0) is 23.9 Å². The van der Waals surface area contributed by atoms with Crippen LogP contribution in [0.3, 0.4) is 0 Å². The van der Waals surface area contributed by atoms with E-state index in [1.54, 1.807) is 25.1 Å². The molecule has 0 aliphatic carbocycles. The van der Waals surface area contributed by atoms with Gasteiger partial charge in [0.05, 0.1) is 11.3 Å². The third-order valence-corrected chi connectivity index (χ3v) is 8.58. The Bertz CT molecular complexity index is 1520. The van der Waals surface area contributed by atoms with Crippen molar-refractivity contribution in [3.63, 3.8) is 0 Å². The largest absolute Gasteiger partial charge is 0.478 e. The molecule has 216 valence electrons. The van der Waals surface area contributed by atoms with Gasteiger partial charge in [-0.3, -0.25) is 4.79 Å². The first-order valence-electron chi connectivity index (χ1n) is 12.9. The van der Waals surface area contributed by atoms with E-state index in [2.05, 4.69) is 10.3 Å². The summed E-state index contributed by atoms with van der Waals surface area (Å²) in [6, 6.07) is 13.8. The Morgan fingerprint density at radius 2 is 1.83 bits per heavy atom. The van der Waals surface area contributed by atoms with Crippen molar-refractivity contribution in [3.8, 4) is 16.3 Å². The molecule has 11 heteroatoms. The lowest BCUT2D eigenvalue weighted by atomic mass is 10.0. The number of alkyl halides is 3. The Balaban J connectivity index is 1.53. The summed E-state index contributed by atoms with van der Waals surface area (Å²) in [5, 5.41) is 14.9. The maximum Gasteiger partial charge on any atom is 0.416 e. The summed E-state index contributed by atoms with van der Waals surface area (Å²) in [4.78, 5) is 31.1. The Labute approximate surface area is 243 Å². The zero-order valence-corrected chi connectivity index (χ0v) is 24.3. The highest BCUT2D eigenvalue weighted by Gasteiger charge is 2.35. The van der Waals surface area contributed by atoms with Crippen LogP contribution in [0.15, 0.2) is 60.0 Å². The fraction of sp³-hybridized carbons (Fsp3) is 0.300. The zero-order chi connectivity index (χ0) is 29.8. The minimum atomic E-state index is -4.44. The van der Waals surface area contributed by atoms with E-state index in [1.807, 2.05) is 31.4 Å². The molecule has 0 saturated heterocycles. The smallest absolute Gasteiger partial charge is 0.416 e. The van der Waals surface area contributed by atoms with Crippen LogP contribution in [0.25, 0.3) is 10.6 Å². The number of rotatable bonds is 11. The van der Waals surface area contributed by atoms with Gasteiger partial charge in [-0.25, -0.2) is 9.78 Å². The number of halogens is 3. The van der Waals surface area contributed by atoms with Crippen LogP contribution in [-0.4, -0.2) is 27.6 Å². The van der Waals surface area contributed by atoms with Gasteiger partial charge in [-0.15, -0.1) is 22.7 Å². The Kier molecular flexibility index (Phi) is 9.18. The molecule has 2 heterocycles. The maximum absolute atomic E-state index is 13.3. The Morgan fingerprint density at radius 1 is 1.10 bits per heavy atom. The third kappa shape index (κ3) is 7.34. The quantitative estimate of drug-likeness (QED) is 0.183. The lowest BCUT2D eigenvalue weighted by Crippen LogP contribution is -2.41. The van der Waals surface area contributed by atoms with E-state index in [1.165, 1.54) is 23.5 Å². The molecule has 6 nitrogen and oxygen atoms in total. The van der Waals surface area contributed by atoms with E-state index in [-0.39, 0.29) is 12.5 Å². The lowest BCUT2D eigenvalue weighted by molar-refractivity contribution is -0.154. The fourth-order valence-corrected chi connectivity index (χ4v) is 5.99. The van der Waals surface area contributed by atoms with E-state index >= 15 is 0 Å². The molecule has 1 unspecified atom stereocenters. The SMILES string of the molecule is CCCC(C)(Oc1ccc(CNC(=O)c2sc(-c3ccc(C(F)(F)F)cc3)nc2Cc2cccs2)c(C)c1)C(=O)O. The number of aromatic nitrogens is 1. The number of benzene rings is 2. The lowest BCUT2D eigenvalue weighted by Gasteiger charge is -2.26. The first-order chi connectivity index (χ1) is 19.4. The van der Waals surface area contributed by atoms with Crippen molar-refractivity contribution in [2.45, 2.75) is 58.4 Å². The number of carboxylic acids is 1. The minimum Gasteiger partial charge on any atom is -0.478 e. The number of carboxylic acid groups (broad SMARTS) is 1. The number of nitrogens with one attached hydrogen (secondary N) is 1. The Hall–Kier alpha value is -3.70. The monoisotopic (exact) mass is 602 g/mol. The third-order valence-electron chi connectivity index (χ3n) is 6.56. The molecule has 0 aliphatic rings. The number of thiophene rings is 1. The molecule has 0 bridgehead atoms. The number of carbonyl (C=O) groups is 2. The molecular weight excluding hydrogens is 573 g/mol. The van der Waals surface area contributed by atoms with Gasteiger partial charge >= 0.3 is 12.1 Å². The molecule has 2 N–H and O–H groups in total. The summed E-state index contributed by atoms with van der Waals surface area (Å²) >= 11 is 2.67. The van der Waals surface area contributed by atoms with E-state index in [9.17, 15) is 27.9 Å². The summed E-state index contributed by atoms with van der Waals surface area (Å²) < 4.78 is 44.9. The molecule has 0 aliphatic heterocycles. The van der Waals surface area contributed by atoms with Gasteiger partial charge in [0.15, 0.2) is 0 Å². The highest BCUT2D eigenvalue weighted by Crippen LogP contribution is 2.34. The van der Waals surface area contributed by atoms with Gasteiger partial charge in [0.2, 0.25) is 5.60 Å². The molecule has 0 fully saturated rings. The van der Waals surface area contributed by atoms with E-state index in [0.29, 0.717) is 46.2 Å². The van der Waals surface area contributed by atoms with Crippen LogP contribution in [0.4, 0.5) is 13.2 Å². The van der Waals surface area contributed by atoms with Gasteiger partial charge < -0.3 is 15.2 Å². The van der Waals surface area contributed by atoms with Gasteiger partial charge in [0, 0.05) is 23.4 Å². The first-order valence-corrected chi connectivity index (χ1v) is 14.6. The van der Waals surface area contributed by atoms with Crippen LogP contribution in [0.5, 0.6) is 5.75 Å². The molecule has 0 radical (unpaired) electrons. The molecule has 4 aromatic rings. The number of amides is 1. The summed E-state index contributed by atoms with van der Waals surface area (Å²) in [5.74, 6) is -0.946.